The summed E-state index contributed by atoms with van der Waals surface area (Å²) in [5, 5.41) is 0. The number of piperazine rings is 1. The molecular formula is C26H35N3O3. The molecule has 6 heteroatoms. The third kappa shape index (κ3) is 4.75. The van der Waals surface area contributed by atoms with Gasteiger partial charge in [-0.3, -0.25) is 9.69 Å². The summed E-state index contributed by atoms with van der Waals surface area (Å²) in [6, 6.07) is 11.8. The Bertz CT molecular complexity index is 1020. The van der Waals surface area contributed by atoms with E-state index in [0.717, 1.165) is 49.0 Å². The topological polar surface area (TPSA) is 54.8 Å². The molecule has 2 fully saturated rings. The van der Waals surface area contributed by atoms with Crippen LogP contribution in [0.4, 0.5) is 4.79 Å². The van der Waals surface area contributed by atoms with Crippen LogP contribution >= 0.6 is 0 Å². The fraction of sp³-hybridized carbons (Fsp3) is 0.538. The number of benzene rings is 1. The summed E-state index contributed by atoms with van der Waals surface area (Å²) < 4.78 is 7.68. The summed E-state index contributed by atoms with van der Waals surface area (Å²) in [5.74, 6) is 0. The second-order valence-electron chi connectivity index (χ2n) is 10.3. The van der Waals surface area contributed by atoms with E-state index in [0.29, 0.717) is 19.6 Å². The standard InChI is InChI=1S/C26H35N3O3/c1-25(2,3)32-24(31)28-14-15-29(26(19-28)12-8-9-13-26)18-21-17-27(4)22(16-23(21)30)20-10-6-5-7-11-20/h5-7,10-11,16-17H,8-9,12-15,18-19H2,1-4H3. The van der Waals surface area contributed by atoms with Crippen LogP contribution in [0.1, 0.15) is 52.0 Å². The molecule has 4 rings (SSSR count). The van der Waals surface area contributed by atoms with E-state index in [4.69, 9.17) is 4.74 Å². The van der Waals surface area contributed by atoms with Crippen molar-refractivity contribution in [2.45, 2.75) is 64.1 Å². The summed E-state index contributed by atoms with van der Waals surface area (Å²) in [6.07, 6.45) is 6.16. The Morgan fingerprint density at radius 3 is 2.44 bits per heavy atom. The third-order valence-electron chi connectivity index (χ3n) is 6.73. The van der Waals surface area contributed by atoms with Gasteiger partial charge in [-0.15, -0.1) is 0 Å². The quantitative estimate of drug-likeness (QED) is 0.713. The first-order valence-corrected chi connectivity index (χ1v) is 11.6. The van der Waals surface area contributed by atoms with Crippen molar-refractivity contribution in [1.82, 2.24) is 14.4 Å². The molecule has 1 amide bonds. The first-order valence-electron chi connectivity index (χ1n) is 11.6. The number of rotatable bonds is 3. The molecule has 6 nitrogen and oxygen atoms in total. The van der Waals surface area contributed by atoms with E-state index in [2.05, 4.69) is 4.90 Å². The molecule has 1 aliphatic heterocycles. The molecule has 2 aromatic rings. The highest BCUT2D eigenvalue weighted by Crippen LogP contribution is 2.39. The van der Waals surface area contributed by atoms with E-state index >= 15 is 0 Å². The Morgan fingerprint density at radius 1 is 1.09 bits per heavy atom. The van der Waals surface area contributed by atoms with E-state index in [1.807, 2.05) is 73.8 Å². The predicted octanol–water partition coefficient (Wildman–Crippen LogP) is 4.42. The number of aromatic nitrogens is 1. The minimum absolute atomic E-state index is 0.0712. The van der Waals surface area contributed by atoms with Crippen molar-refractivity contribution < 1.29 is 9.53 Å². The number of aryl methyl sites for hydroxylation is 1. The molecule has 0 unspecified atom stereocenters. The van der Waals surface area contributed by atoms with Gasteiger partial charge in [0.05, 0.1) is 5.69 Å². The van der Waals surface area contributed by atoms with Gasteiger partial charge in [0.15, 0.2) is 5.43 Å². The van der Waals surface area contributed by atoms with Crippen LogP contribution in [-0.2, 0) is 18.3 Å². The molecule has 2 aliphatic rings. The fourth-order valence-electron chi connectivity index (χ4n) is 5.16. The molecule has 1 aliphatic carbocycles. The number of carbonyl (C=O) groups excluding carboxylic acids is 1. The zero-order valence-electron chi connectivity index (χ0n) is 19.8. The number of amides is 1. The first-order chi connectivity index (χ1) is 15.2. The molecule has 0 bridgehead atoms. The average molecular weight is 438 g/mol. The van der Waals surface area contributed by atoms with Crippen molar-refractivity contribution in [2.75, 3.05) is 19.6 Å². The second-order valence-corrected chi connectivity index (χ2v) is 10.3. The smallest absolute Gasteiger partial charge is 0.410 e. The van der Waals surface area contributed by atoms with Crippen molar-refractivity contribution in [2.24, 2.45) is 7.05 Å². The van der Waals surface area contributed by atoms with Crippen LogP contribution in [-0.4, -0.2) is 51.2 Å². The van der Waals surface area contributed by atoms with Crippen molar-refractivity contribution in [1.29, 1.82) is 0 Å². The Hall–Kier alpha value is -2.60. The number of ether oxygens (including phenoxy) is 1. The summed E-state index contributed by atoms with van der Waals surface area (Å²) in [7, 11) is 2.00. The van der Waals surface area contributed by atoms with Crippen molar-refractivity contribution in [3.05, 3.63) is 58.4 Å². The van der Waals surface area contributed by atoms with Crippen molar-refractivity contribution >= 4 is 6.09 Å². The Labute approximate surface area is 190 Å². The molecule has 1 spiro atoms. The maximum Gasteiger partial charge on any atom is 0.410 e. The summed E-state index contributed by atoms with van der Waals surface area (Å²) in [4.78, 5) is 30.1. The highest BCUT2D eigenvalue weighted by molar-refractivity contribution is 5.68. The predicted molar refractivity (Wildman–Crippen MR) is 127 cm³/mol. The summed E-state index contributed by atoms with van der Waals surface area (Å²) in [5.41, 5.74) is 2.28. The monoisotopic (exact) mass is 437 g/mol. The zero-order chi connectivity index (χ0) is 22.9. The molecule has 1 aromatic heterocycles. The Kier molecular flexibility index (Phi) is 6.17. The van der Waals surface area contributed by atoms with Crippen LogP contribution in [0.5, 0.6) is 0 Å². The molecule has 2 heterocycles. The van der Waals surface area contributed by atoms with Gasteiger partial charge in [-0.1, -0.05) is 43.2 Å². The van der Waals surface area contributed by atoms with Gasteiger partial charge >= 0.3 is 6.09 Å². The lowest BCUT2D eigenvalue weighted by Gasteiger charge is -2.49. The first kappa shape index (κ1) is 22.6. The Morgan fingerprint density at radius 2 is 1.78 bits per heavy atom. The normalized spacial score (nSPS) is 18.8. The molecule has 1 saturated heterocycles. The maximum atomic E-state index is 13.0. The molecular weight excluding hydrogens is 402 g/mol. The van der Waals surface area contributed by atoms with Gasteiger partial charge in [-0.05, 0) is 39.2 Å². The van der Waals surface area contributed by atoms with Crippen LogP contribution in [0.15, 0.2) is 47.4 Å². The Balaban J connectivity index is 1.55. The summed E-state index contributed by atoms with van der Waals surface area (Å²) in [6.45, 7) is 8.38. The molecule has 0 radical (unpaired) electrons. The lowest BCUT2D eigenvalue weighted by atomic mass is 9.91. The minimum Gasteiger partial charge on any atom is -0.444 e. The fourth-order valence-corrected chi connectivity index (χ4v) is 5.16. The van der Waals surface area contributed by atoms with Gasteiger partial charge in [-0.25, -0.2) is 4.79 Å². The third-order valence-corrected chi connectivity index (χ3v) is 6.73. The van der Waals surface area contributed by atoms with E-state index in [1.165, 1.54) is 0 Å². The van der Waals surface area contributed by atoms with Gasteiger partial charge in [-0.2, -0.15) is 0 Å². The average Bonchev–Trinajstić information content (AvgIpc) is 3.20. The van der Waals surface area contributed by atoms with E-state index in [-0.39, 0.29) is 17.1 Å². The SMILES string of the molecule is Cn1cc(CN2CCN(C(=O)OC(C)(C)C)CC23CCCC3)c(=O)cc1-c1ccccc1. The molecule has 172 valence electrons. The van der Waals surface area contributed by atoms with Crippen molar-refractivity contribution in [3.8, 4) is 11.3 Å². The van der Waals surface area contributed by atoms with Crippen LogP contribution in [0.2, 0.25) is 0 Å². The summed E-state index contributed by atoms with van der Waals surface area (Å²) >= 11 is 0. The number of hydrogen-bond donors (Lipinski definition) is 0. The van der Waals surface area contributed by atoms with Gasteiger partial charge in [0.25, 0.3) is 0 Å². The minimum atomic E-state index is -0.496. The highest BCUT2D eigenvalue weighted by atomic mass is 16.6. The second kappa shape index (κ2) is 8.74. The number of hydrogen-bond acceptors (Lipinski definition) is 4. The van der Waals surface area contributed by atoms with Crippen LogP contribution in [0, 0.1) is 0 Å². The lowest BCUT2D eigenvalue weighted by molar-refractivity contribution is -0.0279. The molecule has 1 saturated carbocycles. The largest absolute Gasteiger partial charge is 0.444 e. The van der Waals surface area contributed by atoms with Gasteiger partial charge in [0, 0.05) is 56.6 Å². The van der Waals surface area contributed by atoms with Crippen LogP contribution in [0.3, 0.4) is 0 Å². The van der Waals surface area contributed by atoms with Crippen LogP contribution in [0.25, 0.3) is 11.3 Å². The number of carbonyl (C=O) groups is 1. The van der Waals surface area contributed by atoms with E-state index in [1.54, 1.807) is 6.07 Å². The van der Waals surface area contributed by atoms with E-state index in [9.17, 15) is 9.59 Å². The lowest BCUT2D eigenvalue weighted by Crippen LogP contribution is -2.62. The molecule has 0 atom stereocenters. The number of pyridine rings is 1. The molecule has 1 aromatic carbocycles. The molecule has 0 N–H and O–H groups in total. The van der Waals surface area contributed by atoms with Crippen LogP contribution < -0.4 is 5.43 Å². The highest BCUT2D eigenvalue weighted by Gasteiger charge is 2.45. The molecule has 32 heavy (non-hydrogen) atoms. The number of nitrogens with zero attached hydrogens (tertiary/aromatic N) is 3. The van der Waals surface area contributed by atoms with Gasteiger partial charge in [0.2, 0.25) is 0 Å². The van der Waals surface area contributed by atoms with E-state index < -0.39 is 5.60 Å². The van der Waals surface area contributed by atoms with Gasteiger partial charge in [0.1, 0.15) is 5.60 Å². The van der Waals surface area contributed by atoms with Gasteiger partial charge < -0.3 is 14.2 Å². The van der Waals surface area contributed by atoms with Crippen molar-refractivity contribution in [3.63, 3.8) is 0 Å². The maximum absolute atomic E-state index is 13.0. The zero-order valence-corrected chi connectivity index (χ0v) is 19.8.